The van der Waals surface area contributed by atoms with Crippen LogP contribution < -0.4 is 0 Å². The Bertz CT molecular complexity index is 326. The molecular formula is C22H44NO2+. The number of nitrogens with zero attached hydrogens (tertiary/aromatic N) is 1. The molecule has 3 heteroatoms. The highest BCUT2D eigenvalue weighted by atomic mass is 16.5. The van der Waals surface area contributed by atoms with Crippen molar-refractivity contribution in [3.8, 4) is 0 Å². The lowest BCUT2D eigenvalue weighted by Crippen LogP contribution is -2.43. The predicted octanol–water partition coefficient (Wildman–Crippen LogP) is 5.88. The molecule has 0 saturated carbocycles. The van der Waals surface area contributed by atoms with Gasteiger partial charge in [-0.05, 0) is 12.8 Å². The van der Waals surface area contributed by atoms with E-state index in [0.29, 0.717) is 6.61 Å². The summed E-state index contributed by atoms with van der Waals surface area (Å²) in [5.41, 5.74) is 0. The quantitative estimate of drug-likeness (QED) is 0.133. The van der Waals surface area contributed by atoms with Crippen LogP contribution in [0.25, 0.3) is 0 Å². The van der Waals surface area contributed by atoms with Gasteiger partial charge in [0.05, 0.1) is 20.6 Å². The average Bonchev–Trinajstić information content (AvgIpc) is 2.58. The number of quaternary nitrogens is 1. The molecule has 0 spiro atoms. The third-order valence-corrected chi connectivity index (χ3v) is 4.97. The van der Waals surface area contributed by atoms with Crippen LogP contribution >= 0.6 is 0 Å². The highest BCUT2D eigenvalue weighted by Crippen LogP contribution is 2.13. The Morgan fingerprint density at radius 1 is 0.800 bits per heavy atom. The highest BCUT2D eigenvalue weighted by Gasteiger charge is 2.14. The molecule has 0 heterocycles. The van der Waals surface area contributed by atoms with Crippen molar-refractivity contribution in [1.29, 1.82) is 0 Å². The van der Waals surface area contributed by atoms with Crippen LogP contribution in [0.15, 0.2) is 12.7 Å². The molecule has 0 fully saturated rings. The molecular weight excluding hydrogens is 310 g/mol. The lowest BCUT2D eigenvalue weighted by molar-refractivity contribution is -0.890. The molecule has 0 aromatic rings. The van der Waals surface area contributed by atoms with Gasteiger partial charge in [0.25, 0.3) is 0 Å². The standard InChI is InChI=1S/C22H44NO2/c1-5-7-8-9-10-11-12-13-14-15-16-17-18-19-23(3,4)20-21-25-22(24)6-2/h6H,2,5,7-21H2,1,3-4H3/q+1. The lowest BCUT2D eigenvalue weighted by atomic mass is 10.0. The van der Waals surface area contributed by atoms with Crippen LogP contribution in [-0.2, 0) is 9.53 Å². The smallest absolute Gasteiger partial charge is 0.330 e. The molecule has 0 aliphatic rings. The monoisotopic (exact) mass is 354 g/mol. The van der Waals surface area contributed by atoms with Gasteiger partial charge in [-0.15, -0.1) is 0 Å². The first-order chi connectivity index (χ1) is 12.0. The predicted molar refractivity (Wildman–Crippen MR) is 109 cm³/mol. The molecule has 0 aliphatic carbocycles. The summed E-state index contributed by atoms with van der Waals surface area (Å²) in [6.45, 7) is 8.20. The highest BCUT2D eigenvalue weighted by molar-refractivity contribution is 5.81. The molecule has 0 aromatic carbocycles. The van der Waals surface area contributed by atoms with Gasteiger partial charge in [-0.25, -0.2) is 4.79 Å². The second kappa shape index (κ2) is 16.6. The van der Waals surface area contributed by atoms with Crippen molar-refractivity contribution in [2.45, 2.75) is 90.4 Å². The van der Waals surface area contributed by atoms with Gasteiger partial charge in [0, 0.05) is 6.08 Å². The van der Waals surface area contributed by atoms with Crippen LogP contribution in [0.1, 0.15) is 90.4 Å². The molecule has 0 rings (SSSR count). The Hall–Kier alpha value is -0.830. The molecule has 0 aromatic heterocycles. The Kier molecular flexibility index (Phi) is 16.1. The van der Waals surface area contributed by atoms with Crippen LogP contribution in [-0.4, -0.2) is 44.2 Å². The summed E-state index contributed by atoms with van der Waals surface area (Å²) in [6.07, 6.45) is 19.3. The fourth-order valence-electron chi connectivity index (χ4n) is 3.12. The van der Waals surface area contributed by atoms with Gasteiger partial charge < -0.3 is 9.22 Å². The van der Waals surface area contributed by atoms with Crippen molar-refractivity contribution < 1.29 is 14.0 Å². The number of carbonyl (C=O) groups is 1. The minimum Gasteiger partial charge on any atom is -0.457 e. The van der Waals surface area contributed by atoms with E-state index in [1.54, 1.807) is 0 Å². The summed E-state index contributed by atoms with van der Waals surface area (Å²) in [5.74, 6) is -0.319. The number of esters is 1. The van der Waals surface area contributed by atoms with E-state index in [1.807, 2.05) is 0 Å². The second-order valence-electron chi connectivity index (χ2n) is 8.00. The lowest BCUT2D eigenvalue weighted by Gasteiger charge is -2.29. The maximum Gasteiger partial charge on any atom is 0.330 e. The third kappa shape index (κ3) is 17.8. The first-order valence-electron chi connectivity index (χ1n) is 10.6. The number of unbranched alkanes of at least 4 members (excludes halogenated alkanes) is 12. The fraction of sp³-hybridized carbons (Fsp3) is 0.864. The number of likely N-dealkylation sites (N-methyl/N-ethyl adjacent to an activating group) is 1. The van der Waals surface area contributed by atoms with E-state index >= 15 is 0 Å². The third-order valence-electron chi connectivity index (χ3n) is 4.97. The largest absolute Gasteiger partial charge is 0.457 e. The van der Waals surface area contributed by atoms with Crippen molar-refractivity contribution in [2.75, 3.05) is 33.8 Å². The van der Waals surface area contributed by atoms with Crippen molar-refractivity contribution >= 4 is 5.97 Å². The number of carbonyl (C=O) groups excluding carboxylic acids is 1. The summed E-state index contributed by atoms with van der Waals surface area (Å²) in [6, 6.07) is 0. The number of hydrogen-bond donors (Lipinski definition) is 0. The molecule has 0 radical (unpaired) electrons. The van der Waals surface area contributed by atoms with E-state index < -0.39 is 0 Å². The average molecular weight is 355 g/mol. The van der Waals surface area contributed by atoms with Crippen molar-refractivity contribution in [2.24, 2.45) is 0 Å². The SMILES string of the molecule is C=CC(=O)OCC[N+](C)(C)CCCCCCCCCCCCCCC. The number of rotatable bonds is 18. The van der Waals surface area contributed by atoms with Crippen LogP contribution in [0.3, 0.4) is 0 Å². The fourth-order valence-corrected chi connectivity index (χ4v) is 3.12. The Balaban J connectivity index is 3.33. The van der Waals surface area contributed by atoms with E-state index in [0.717, 1.165) is 17.6 Å². The zero-order valence-electron chi connectivity index (χ0n) is 17.4. The van der Waals surface area contributed by atoms with Crippen molar-refractivity contribution in [3.05, 3.63) is 12.7 Å². The molecule has 0 saturated heterocycles. The maximum atomic E-state index is 11.0. The van der Waals surface area contributed by atoms with Gasteiger partial charge >= 0.3 is 5.97 Å². The molecule has 0 bridgehead atoms. The van der Waals surface area contributed by atoms with E-state index in [9.17, 15) is 4.79 Å². The van der Waals surface area contributed by atoms with Crippen molar-refractivity contribution in [3.63, 3.8) is 0 Å². The molecule has 3 nitrogen and oxygen atoms in total. The Morgan fingerprint density at radius 3 is 1.68 bits per heavy atom. The Labute approximate surface area is 157 Å². The van der Waals surface area contributed by atoms with E-state index in [2.05, 4.69) is 27.6 Å². The van der Waals surface area contributed by atoms with E-state index in [-0.39, 0.29) is 5.97 Å². The van der Waals surface area contributed by atoms with Gasteiger partial charge in [0.2, 0.25) is 0 Å². The zero-order chi connectivity index (χ0) is 18.8. The zero-order valence-corrected chi connectivity index (χ0v) is 17.4. The molecule has 0 atom stereocenters. The molecule has 25 heavy (non-hydrogen) atoms. The topological polar surface area (TPSA) is 26.3 Å². The minimum atomic E-state index is -0.319. The van der Waals surface area contributed by atoms with Gasteiger partial charge in [-0.3, -0.25) is 0 Å². The summed E-state index contributed by atoms with van der Waals surface area (Å²) < 4.78 is 5.99. The van der Waals surface area contributed by atoms with E-state index in [1.165, 1.54) is 89.5 Å². The molecule has 0 aliphatic heterocycles. The summed E-state index contributed by atoms with van der Waals surface area (Å²) in [7, 11) is 4.42. The summed E-state index contributed by atoms with van der Waals surface area (Å²) in [4.78, 5) is 11.0. The first kappa shape index (κ1) is 24.2. The molecule has 148 valence electrons. The van der Waals surface area contributed by atoms with Crippen LogP contribution in [0.5, 0.6) is 0 Å². The van der Waals surface area contributed by atoms with Gasteiger partial charge in [-0.2, -0.15) is 0 Å². The van der Waals surface area contributed by atoms with Gasteiger partial charge in [-0.1, -0.05) is 84.1 Å². The number of hydrogen-bond acceptors (Lipinski definition) is 2. The van der Waals surface area contributed by atoms with E-state index in [4.69, 9.17) is 4.74 Å². The van der Waals surface area contributed by atoms with Crippen LogP contribution in [0.2, 0.25) is 0 Å². The molecule has 0 N–H and O–H groups in total. The first-order valence-corrected chi connectivity index (χ1v) is 10.6. The molecule has 0 unspecified atom stereocenters. The Morgan fingerprint density at radius 2 is 1.24 bits per heavy atom. The van der Waals surface area contributed by atoms with Crippen molar-refractivity contribution in [1.82, 2.24) is 0 Å². The summed E-state index contributed by atoms with van der Waals surface area (Å²) >= 11 is 0. The van der Waals surface area contributed by atoms with Gasteiger partial charge in [0.1, 0.15) is 13.2 Å². The summed E-state index contributed by atoms with van der Waals surface area (Å²) in [5, 5.41) is 0. The maximum absolute atomic E-state index is 11.0. The van der Waals surface area contributed by atoms with Gasteiger partial charge in [0.15, 0.2) is 0 Å². The van der Waals surface area contributed by atoms with Crippen LogP contribution in [0.4, 0.5) is 0 Å². The minimum absolute atomic E-state index is 0.319. The van der Waals surface area contributed by atoms with Crippen LogP contribution in [0, 0.1) is 0 Å². The molecule has 0 amide bonds. The number of ether oxygens (including phenoxy) is 1. The normalized spacial score (nSPS) is 11.5. The second-order valence-corrected chi connectivity index (χ2v) is 8.00.